The first kappa shape index (κ1) is 24.5. The third-order valence-electron chi connectivity index (χ3n) is 3.90. The SMILES string of the molecule is Cc1nc(-c2c(C)c(C)nn(C)c2=O)sc1C(=O)NC(C)(C)CN.Cl.Cl. The summed E-state index contributed by atoms with van der Waals surface area (Å²) >= 11 is 1.21. The van der Waals surface area contributed by atoms with Crippen LogP contribution >= 0.6 is 36.2 Å². The van der Waals surface area contributed by atoms with E-state index in [9.17, 15) is 9.59 Å². The first-order valence-electron chi connectivity index (χ1n) is 7.62. The fraction of sp³-hybridized carbons (Fsp3) is 0.500. The van der Waals surface area contributed by atoms with Crippen LogP contribution in [0.5, 0.6) is 0 Å². The topological polar surface area (TPSA) is 103 Å². The van der Waals surface area contributed by atoms with Gasteiger partial charge in [-0.05, 0) is 40.2 Å². The number of nitrogens with two attached hydrogens (primary N) is 1. The van der Waals surface area contributed by atoms with Crippen molar-refractivity contribution in [3.05, 3.63) is 32.2 Å². The molecule has 0 spiro atoms. The molecule has 0 aliphatic heterocycles. The summed E-state index contributed by atoms with van der Waals surface area (Å²) in [6.45, 7) is 9.48. The lowest BCUT2D eigenvalue weighted by molar-refractivity contribution is 0.0919. The Kier molecular flexibility index (Phi) is 8.43. The van der Waals surface area contributed by atoms with Crippen LogP contribution in [0, 0.1) is 20.8 Å². The van der Waals surface area contributed by atoms with E-state index >= 15 is 0 Å². The standard InChI is InChI=1S/C16H23N5O2S.2ClH/c1-8-9(2)20-21(6)15(23)11(8)14-18-10(3)12(24-14)13(22)19-16(4,5)7-17;;/h7,17H2,1-6H3,(H,19,22);2*1H. The predicted octanol–water partition coefficient (Wildman–Crippen LogP) is 2.14. The van der Waals surface area contributed by atoms with E-state index in [2.05, 4.69) is 15.4 Å². The lowest BCUT2D eigenvalue weighted by Crippen LogP contribution is -2.48. The maximum absolute atomic E-state index is 12.5. The normalized spacial score (nSPS) is 10.7. The van der Waals surface area contributed by atoms with Crippen LogP contribution in [-0.2, 0) is 7.05 Å². The molecule has 146 valence electrons. The molecule has 2 rings (SSSR count). The molecule has 0 aromatic carbocycles. The summed E-state index contributed by atoms with van der Waals surface area (Å²) in [6, 6.07) is 0. The van der Waals surface area contributed by atoms with E-state index in [0.29, 0.717) is 27.7 Å². The van der Waals surface area contributed by atoms with Gasteiger partial charge in [0.05, 0.1) is 17.0 Å². The van der Waals surface area contributed by atoms with Crippen LogP contribution in [0.3, 0.4) is 0 Å². The average Bonchev–Trinajstić information content (AvgIpc) is 2.87. The summed E-state index contributed by atoms with van der Waals surface area (Å²) in [5, 5.41) is 7.60. The zero-order chi connectivity index (χ0) is 18.2. The first-order chi connectivity index (χ1) is 11.1. The van der Waals surface area contributed by atoms with Crippen LogP contribution in [0.25, 0.3) is 10.6 Å². The number of aryl methyl sites for hydroxylation is 3. The molecule has 0 saturated heterocycles. The molecule has 26 heavy (non-hydrogen) atoms. The number of nitrogens with zero attached hydrogens (tertiary/aromatic N) is 3. The zero-order valence-corrected chi connectivity index (χ0v) is 18.1. The minimum Gasteiger partial charge on any atom is -0.345 e. The molecule has 2 heterocycles. The highest BCUT2D eigenvalue weighted by Gasteiger charge is 2.24. The zero-order valence-electron chi connectivity index (χ0n) is 15.7. The Morgan fingerprint density at radius 3 is 2.35 bits per heavy atom. The fourth-order valence-corrected chi connectivity index (χ4v) is 3.29. The van der Waals surface area contributed by atoms with Crippen LogP contribution < -0.4 is 16.6 Å². The minimum atomic E-state index is -0.507. The molecule has 7 nitrogen and oxygen atoms in total. The molecule has 0 fully saturated rings. The molecular formula is C16H25Cl2N5O2S. The summed E-state index contributed by atoms with van der Waals surface area (Å²) in [5.41, 5.74) is 7.56. The molecule has 0 unspecified atom stereocenters. The van der Waals surface area contributed by atoms with Gasteiger partial charge in [0.25, 0.3) is 11.5 Å². The summed E-state index contributed by atoms with van der Waals surface area (Å²) in [5.74, 6) is -0.230. The molecule has 2 aromatic heterocycles. The Labute approximate surface area is 169 Å². The molecule has 0 saturated carbocycles. The van der Waals surface area contributed by atoms with Gasteiger partial charge < -0.3 is 11.1 Å². The Morgan fingerprint density at radius 2 is 1.81 bits per heavy atom. The van der Waals surface area contributed by atoms with Crippen molar-refractivity contribution in [3.63, 3.8) is 0 Å². The Balaban J connectivity index is 0.00000312. The lowest BCUT2D eigenvalue weighted by Gasteiger charge is -2.23. The van der Waals surface area contributed by atoms with Crippen molar-refractivity contribution in [2.24, 2.45) is 12.8 Å². The summed E-state index contributed by atoms with van der Waals surface area (Å²) in [7, 11) is 1.61. The van der Waals surface area contributed by atoms with Gasteiger partial charge in [-0.1, -0.05) is 0 Å². The number of thiazole rings is 1. The van der Waals surface area contributed by atoms with Crippen molar-refractivity contribution in [2.45, 2.75) is 40.2 Å². The molecule has 0 bridgehead atoms. The van der Waals surface area contributed by atoms with E-state index in [0.717, 1.165) is 11.3 Å². The van der Waals surface area contributed by atoms with Gasteiger partial charge in [0, 0.05) is 19.1 Å². The summed E-state index contributed by atoms with van der Waals surface area (Å²) < 4.78 is 1.30. The van der Waals surface area contributed by atoms with Crippen molar-refractivity contribution >= 4 is 42.1 Å². The Morgan fingerprint density at radius 1 is 1.23 bits per heavy atom. The van der Waals surface area contributed by atoms with Crippen LogP contribution in [0.2, 0.25) is 0 Å². The lowest BCUT2D eigenvalue weighted by atomic mass is 10.1. The molecule has 0 radical (unpaired) electrons. The number of carbonyl (C=O) groups is 1. The number of rotatable bonds is 4. The third-order valence-corrected chi connectivity index (χ3v) is 5.08. The highest BCUT2D eigenvalue weighted by molar-refractivity contribution is 7.17. The van der Waals surface area contributed by atoms with Crippen LogP contribution in [0.1, 0.15) is 40.5 Å². The molecule has 2 aromatic rings. The molecule has 0 atom stereocenters. The van der Waals surface area contributed by atoms with E-state index < -0.39 is 5.54 Å². The molecular weight excluding hydrogens is 397 g/mol. The highest BCUT2D eigenvalue weighted by atomic mass is 35.5. The van der Waals surface area contributed by atoms with Crippen LogP contribution in [-0.4, -0.2) is 32.8 Å². The van der Waals surface area contributed by atoms with Gasteiger partial charge in [0.1, 0.15) is 9.88 Å². The van der Waals surface area contributed by atoms with E-state index in [1.54, 1.807) is 14.0 Å². The van der Waals surface area contributed by atoms with Gasteiger partial charge in [0.15, 0.2) is 0 Å². The number of carbonyl (C=O) groups excluding carboxylic acids is 1. The van der Waals surface area contributed by atoms with Crippen molar-refractivity contribution in [2.75, 3.05) is 6.54 Å². The number of hydrogen-bond acceptors (Lipinski definition) is 6. The number of nitrogens with one attached hydrogen (secondary N) is 1. The van der Waals surface area contributed by atoms with Gasteiger partial charge in [-0.3, -0.25) is 9.59 Å². The number of amides is 1. The largest absolute Gasteiger partial charge is 0.345 e. The second kappa shape index (κ2) is 8.94. The van der Waals surface area contributed by atoms with Crippen molar-refractivity contribution in [1.29, 1.82) is 0 Å². The molecule has 1 amide bonds. The van der Waals surface area contributed by atoms with Crippen LogP contribution in [0.4, 0.5) is 0 Å². The second-order valence-electron chi connectivity index (χ2n) is 6.49. The monoisotopic (exact) mass is 421 g/mol. The van der Waals surface area contributed by atoms with E-state index in [1.807, 2.05) is 27.7 Å². The molecule has 10 heteroatoms. The van der Waals surface area contributed by atoms with Gasteiger partial charge >= 0.3 is 0 Å². The quantitative estimate of drug-likeness (QED) is 0.786. The minimum absolute atomic E-state index is 0. The second-order valence-corrected chi connectivity index (χ2v) is 7.49. The smallest absolute Gasteiger partial charge is 0.277 e. The average molecular weight is 422 g/mol. The maximum atomic E-state index is 12.5. The van der Waals surface area contributed by atoms with Gasteiger partial charge in [-0.25, -0.2) is 9.67 Å². The maximum Gasteiger partial charge on any atom is 0.277 e. The van der Waals surface area contributed by atoms with Crippen LogP contribution in [0.15, 0.2) is 4.79 Å². The highest BCUT2D eigenvalue weighted by Crippen LogP contribution is 2.28. The van der Waals surface area contributed by atoms with E-state index in [1.165, 1.54) is 16.0 Å². The first-order valence-corrected chi connectivity index (χ1v) is 8.44. The van der Waals surface area contributed by atoms with Gasteiger partial charge in [-0.15, -0.1) is 36.2 Å². The van der Waals surface area contributed by atoms with Gasteiger partial charge in [-0.2, -0.15) is 5.10 Å². The van der Waals surface area contributed by atoms with Gasteiger partial charge in [0.2, 0.25) is 0 Å². The molecule has 0 aliphatic rings. The predicted molar refractivity (Wildman–Crippen MR) is 110 cm³/mol. The Bertz CT molecular complexity index is 861. The van der Waals surface area contributed by atoms with Crippen molar-refractivity contribution in [3.8, 4) is 10.6 Å². The van der Waals surface area contributed by atoms with Crippen molar-refractivity contribution < 1.29 is 4.79 Å². The fourth-order valence-electron chi connectivity index (χ4n) is 2.23. The Hall–Kier alpha value is -1.48. The van der Waals surface area contributed by atoms with E-state index in [4.69, 9.17) is 5.73 Å². The molecule has 3 N–H and O–H groups in total. The summed E-state index contributed by atoms with van der Waals surface area (Å²) in [4.78, 5) is 29.9. The molecule has 0 aliphatic carbocycles. The number of aromatic nitrogens is 3. The number of halogens is 2. The summed E-state index contributed by atoms with van der Waals surface area (Å²) in [6.07, 6.45) is 0. The number of hydrogen-bond donors (Lipinski definition) is 2. The van der Waals surface area contributed by atoms with Crippen molar-refractivity contribution in [1.82, 2.24) is 20.1 Å². The van der Waals surface area contributed by atoms with E-state index in [-0.39, 0.29) is 36.3 Å². The third kappa shape index (κ3) is 4.82.